The van der Waals surface area contributed by atoms with Gasteiger partial charge < -0.3 is 5.73 Å². The van der Waals surface area contributed by atoms with Crippen LogP contribution in [0.1, 0.15) is 32.1 Å². The number of nitrogens with two attached hydrogens (primary N) is 1. The van der Waals surface area contributed by atoms with E-state index in [1.165, 1.54) is 0 Å². The SMILES string of the molecule is CC(C)CC(N)c1nnc2ccccn12. The van der Waals surface area contributed by atoms with Crippen molar-refractivity contribution < 1.29 is 0 Å². The number of hydrogen-bond acceptors (Lipinski definition) is 3. The Morgan fingerprint density at radius 1 is 1.33 bits per heavy atom. The third-order valence-electron chi connectivity index (χ3n) is 2.40. The Kier molecular flexibility index (Phi) is 2.68. The summed E-state index contributed by atoms with van der Waals surface area (Å²) in [5.41, 5.74) is 6.94. The normalized spacial score (nSPS) is 13.6. The van der Waals surface area contributed by atoms with Crippen molar-refractivity contribution in [2.75, 3.05) is 0 Å². The summed E-state index contributed by atoms with van der Waals surface area (Å²) >= 11 is 0. The Balaban J connectivity index is 2.35. The van der Waals surface area contributed by atoms with E-state index in [9.17, 15) is 0 Å². The Morgan fingerprint density at radius 3 is 2.87 bits per heavy atom. The first-order valence-electron chi connectivity index (χ1n) is 5.23. The Hall–Kier alpha value is -1.42. The van der Waals surface area contributed by atoms with Crippen molar-refractivity contribution in [3.63, 3.8) is 0 Å². The fraction of sp³-hybridized carbons (Fsp3) is 0.455. The first-order chi connectivity index (χ1) is 7.18. The van der Waals surface area contributed by atoms with Crippen LogP contribution < -0.4 is 5.73 Å². The quantitative estimate of drug-likeness (QED) is 0.829. The van der Waals surface area contributed by atoms with Gasteiger partial charge in [-0.05, 0) is 24.5 Å². The highest BCUT2D eigenvalue weighted by atomic mass is 15.3. The molecule has 4 nitrogen and oxygen atoms in total. The van der Waals surface area contributed by atoms with Crippen LogP contribution in [0.2, 0.25) is 0 Å². The van der Waals surface area contributed by atoms with Crippen molar-refractivity contribution >= 4 is 5.65 Å². The lowest BCUT2D eigenvalue weighted by Crippen LogP contribution is -2.16. The Labute approximate surface area is 89.1 Å². The van der Waals surface area contributed by atoms with Gasteiger partial charge in [-0.1, -0.05) is 19.9 Å². The largest absolute Gasteiger partial charge is 0.321 e. The minimum Gasteiger partial charge on any atom is -0.321 e. The molecular formula is C11H16N4. The monoisotopic (exact) mass is 204 g/mol. The summed E-state index contributed by atoms with van der Waals surface area (Å²) < 4.78 is 1.95. The summed E-state index contributed by atoms with van der Waals surface area (Å²) in [6, 6.07) is 5.80. The van der Waals surface area contributed by atoms with Crippen molar-refractivity contribution in [1.82, 2.24) is 14.6 Å². The van der Waals surface area contributed by atoms with Crippen LogP contribution in [0.3, 0.4) is 0 Å². The minimum atomic E-state index is -0.0394. The molecule has 80 valence electrons. The highest BCUT2D eigenvalue weighted by Crippen LogP contribution is 2.17. The molecule has 2 rings (SSSR count). The third-order valence-corrected chi connectivity index (χ3v) is 2.40. The van der Waals surface area contributed by atoms with E-state index < -0.39 is 0 Å². The van der Waals surface area contributed by atoms with Gasteiger partial charge in [-0.2, -0.15) is 0 Å². The second kappa shape index (κ2) is 3.98. The molecule has 0 aromatic carbocycles. The zero-order valence-electron chi connectivity index (χ0n) is 9.09. The summed E-state index contributed by atoms with van der Waals surface area (Å²) in [5.74, 6) is 1.41. The molecule has 2 heterocycles. The summed E-state index contributed by atoms with van der Waals surface area (Å²) in [7, 11) is 0. The van der Waals surface area contributed by atoms with Crippen LogP contribution in [0.5, 0.6) is 0 Å². The molecule has 0 saturated carbocycles. The highest BCUT2D eigenvalue weighted by molar-refractivity contribution is 5.37. The molecule has 0 spiro atoms. The maximum Gasteiger partial charge on any atom is 0.160 e. The molecule has 0 fully saturated rings. The van der Waals surface area contributed by atoms with Crippen LogP contribution in [0.15, 0.2) is 24.4 Å². The van der Waals surface area contributed by atoms with E-state index in [-0.39, 0.29) is 6.04 Å². The van der Waals surface area contributed by atoms with Gasteiger partial charge in [0.25, 0.3) is 0 Å². The third kappa shape index (κ3) is 1.99. The highest BCUT2D eigenvalue weighted by Gasteiger charge is 2.14. The average Bonchev–Trinajstić information content (AvgIpc) is 2.59. The summed E-state index contributed by atoms with van der Waals surface area (Å²) in [6.07, 6.45) is 2.88. The molecule has 2 aromatic rings. The van der Waals surface area contributed by atoms with Crippen LogP contribution >= 0.6 is 0 Å². The lowest BCUT2D eigenvalue weighted by molar-refractivity contribution is 0.490. The summed E-state index contributed by atoms with van der Waals surface area (Å²) in [6.45, 7) is 4.31. The molecular weight excluding hydrogens is 188 g/mol. The molecule has 0 saturated heterocycles. The van der Waals surface area contributed by atoms with Crippen LogP contribution in [-0.4, -0.2) is 14.6 Å². The van der Waals surface area contributed by atoms with Gasteiger partial charge in [-0.25, -0.2) is 0 Å². The Morgan fingerprint density at radius 2 is 2.13 bits per heavy atom. The fourth-order valence-electron chi connectivity index (χ4n) is 1.73. The molecule has 2 aromatic heterocycles. The number of nitrogens with zero attached hydrogens (tertiary/aromatic N) is 3. The maximum absolute atomic E-state index is 6.08. The van der Waals surface area contributed by atoms with E-state index in [4.69, 9.17) is 5.73 Å². The van der Waals surface area contributed by atoms with E-state index in [1.807, 2.05) is 28.8 Å². The van der Waals surface area contributed by atoms with Gasteiger partial charge in [-0.3, -0.25) is 4.40 Å². The van der Waals surface area contributed by atoms with Gasteiger partial charge >= 0.3 is 0 Å². The predicted molar refractivity (Wildman–Crippen MR) is 59.4 cm³/mol. The molecule has 2 N–H and O–H groups in total. The number of pyridine rings is 1. The molecule has 0 bridgehead atoms. The van der Waals surface area contributed by atoms with Gasteiger partial charge in [-0.15, -0.1) is 10.2 Å². The molecule has 15 heavy (non-hydrogen) atoms. The molecule has 4 heteroatoms. The molecule has 0 radical (unpaired) electrons. The van der Waals surface area contributed by atoms with Crippen LogP contribution in [0.4, 0.5) is 0 Å². The second-order valence-corrected chi connectivity index (χ2v) is 4.22. The van der Waals surface area contributed by atoms with E-state index in [1.54, 1.807) is 0 Å². The van der Waals surface area contributed by atoms with Gasteiger partial charge in [0.05, 0.1) is 6.04 Å². The minimum absolute atomic E-state index is 0.0394. The standard InChI is InChI=1S/C11H16N4/c1-8(2)7-9(12)11-14-13-10-5-3-4-6-15(10)11/h3-6,8-9H,7,12H2,1-2H3. The average molecular weight is 204 g/mol. The summed E-state index contributed by atoms with van der Waals surface area (Å²) in [5, 5.41) is 8.22. The molecule has 0 aliphatic heterocycles. The second-order valence-electron chi connectivity index (χ2n) is 4.22. The van der Waals surface area contributed by atoms with Crippen molar-refractivity contribution in [1.29, 1.82) is 0 Å². The first-order valence-corrected chi connectivity index (χ1v) is 5.23. The number of rotatable bonds is 3. The lowest BCUT2D eigenvalue weighted by atomic mass is 10.0. The van der Waals surface area contributed by atoms with Gasteiger partial charge in [0, 0.05) is 6.20 Å². The van der Waals surface area contributed by atoms with Crippen LogP contribution in [-0.2, 0) is 0 Å². The van der Waals surface area contributed by atoms with E-state index in [0.717, 1.165) is 17.9 Å². The smallest absolute Gasteiger partial charge is 0.160 e. The zero-order chi connectivity index (χ0) is 10.8. The van der Waals surface area contributed by atoms with Crippen LogP contribution in [0, 0.1) is 5.92 Å². The van der Waals surface area contributed by atoms with E-state index in [2.05, 4.69) is 24.0 Å². The summed E-state index contributed by atoms with van der Waals surface area (Å²) in [4.78, 5) is 0. The zero-order valence-corrected chi connectivity index (χ0v) is 9.09. The predicted octanol–water partition coefficient (Wildman–Crippen LogP) is 1.78. The maximum atomic E-state index is 6.08. The van der Waals surface area contributed by atoms with Crippen molar-refractivity contribution in [3.8, 4) is 0 Å². The van der Waals surface area contributed by atoms with Crippen molar-refractivity contribution in [2.45, 2.75) is 26.3 Å². The molecule has 1 atom stereocenters. The van der Waals surface area contributed by atoms with Gasteiger partial charge in [0.15, 0.2) is 11.5 Å². The topological polar surface area (TPSA) is 56.2 Å². The molecule has 0 aliphatic rings. The van der Waals surface area contributed by atoms with Gasteiger partial charge in [0.1, 0.15) is 0 Å². The van der Waals surface area contributed by atoms with Crippen molar-refractivity contribution in [2.24, 2.45) is 11.7 Å². The number of hydrogen-bond donors (Lipinski definition) is 1. The van der Waals surface area contributed by atoms with Gasteiger partial charge in [0.2, 0.25) is 0 Å². The number of aromatic nitrogens is 3. The van der Waals surface area contributed by atoms with E-state index in [0.29, 0.717) is 5.92 Å². The Bertz CT molecular complexity index is 447. The first kappa shape index (κ1) is 10.1. The lowest BCUT2D eigenvalue weighted by Gasteiger charge is -2.11. The van der Waals surface area contributed by atoms with Crippen molar-refractivity contribution in [3.05, 3.63) is 30.2 Å². The molecule has 1 unspecified atom stereocenters. The number of fused-ring (bicyclic) bond motifs is 1. The van der Waals surface area contributed by atoms with Crippen LogP contribution in [0.25, 0.3) is 5.65 Å². The molecule has 0 amide bonds. The molecule has 0 aliphatic carbocycles. The fourth-order valence-corrected chi connectivity index (χ4v) is 1.73. The van der Waals surface area contributed by atoms with E-state index >= 15 is 0 Å².